The molecule has 0 N–H and O–H groups in total. The molecule has 19 heavy (non-hydrogen) atoms. The topological polar surface area (TPSA) is 43.1 Å². The van der Waals surface area contributed by atoms with E-state index < -0.39 is 0 Å². The molecule has 5 rings (SSSR count). The highest BCUT2D eigenvalue weighted by Crippen LogP contribution is 2.81. The van der Waals surface area contributed by atoms with E-state index in [1.54, 1.807) is 6.07 Å². The van der Waals surface area contributed by atoms with Crippen LogP contribution >= 0.6 is 0 Å². The van der Waals surface area contributed by atoms with Crippen molar-refractivity contribution in [2.24, 2.45) is 17.3 Å². The Hall–Kier alpha value is -1.38. The SMILES string of the molecule is CCC1(CC)C2CC3c4c(cccc4[N+](=O)[O-])C2C31. The molecule has 4 aliphatic carbocycles. The molecule has 0 amide bonds. The number of hydrogen-bond donors (Lipinski definition) is 0. The van der Waals surface area contributed by atoms with E-state index in [4.69, 9.17) is 0 Å². The van der Waals surface area contributed by atoms with Crippen LogP contribution in [0.25, 0.3) is 0 Å². The third kappa shape index (κ3) is 1.03. The van der Waals surface area contributed by atoms with Gasteiger partial charge < -0.3 is 0 Å². The number of nitro benzene ring substituents is 1. The average molecular weight is 257 g/mol. The fraction of sp³-hybridized carbons (Fsp3) is 0.625. The van der Waals surface area contributed by atoms with Gasteiger partial charge in [-0.15, -0.1) is 0 Å². The van der Waals surface area contributed by atoms with E-state index in [2.05, 4.69) is 19.9 Å². The summed E-state index contributed by atoms with van der Waals surface area (Å²) < 4.78 is 0. The number of benzene rings is 1. The lowest BCUT2D eigenvalue weighted by atomic mass is 9.49. The number of hydrogen-bond acceptors (Lipinski definition) is 2. The molecule has 1 aromatic rings. The summed E-state index contributed by atoms with van der Waals surface area (Å²) in [5.41, 5.74) is 3.24. The van der Waals surface area contributed by atoms with Crippen molar-refractivity contribution in [1.82, 2.24) is 0 Å². The van der Waals surface area contributed by atoms with Crippen LogP contribution in [0.15, 0.2) is 18.2 Å². The second-order valence-electron chi connectivity index (χ2n) is 6.48. The Balaban J connectivity index is 1.86. The van der Waals surface area contributed by atoms with Gasteiger partial charge in [-0.05, 0) is 53.9 Å². The monoisotopic (exact) mass is 257 g/mol. The molecular weight excluding hydrogens is 238 g/mol. The fourth-order valence-electron chi connectivity index (χ4n) is 5.92. The van der Waals surface area contributed by atoms with Crippen molar-refractivity contribution in [2.45, 2.75) is 44.9 Å². The van der Waals surface area contributed by atoms with Crippen LogP contribution < -0.4 is 0 Å². The molecule has 100 valence electrons. The van der Waals surface area contributed by atoms with Crippen LogP contribution in [0, 0.1) is 27.4 Å². The van der Waals surface area contributed by atoms with Gasteiger partial charge in [0.15, 0.2) is 0 Å². The van der Waals surface area contributed by atoms with Crippen LogP contribution in [0.2, 0.25) is 0 Å². The Morgan fingerprint density at radius 2 is 2.11 bits per heavy atom. The normalized spacial score (nSPS) is 35.9. The summed E-state index contributed by atoms with van der Waals surface area (Å²) in [5, 5.41) is 11.3. The van der Waals surface area contributed by atoms with E-state index in [1.807, 2.05) is 6.07 Å². The molecule has 4 atom stereocenters. The number of rotatable bonds is 3. The Kier molecular flexibility index (Phi) is 2.04. The first-order valence-electron chi connectivity index (χ1n) is 7.43. The Bertz CT molecular complexity index is 576. The molecule has 4 aliphatic rings. The number of fused-ring (bicyclic) bond motifs is 1. The molecule has 0 aliphatic heterocycles. The Morgan fingerprint density at radius 1 is 1.37 bits per heavy atom. The summed E-state index contributed by atoms with van der Waals surface area (Å²) in [7, 11) is 0. The highest BCUT2D eigenvalue weighted by atomic mass is 16.6. The van der Waals surface area contributed by atoms with E-state index in [-0.39, 0.29) is 4.92 Å². The molecule has 3 heteroatoms. The predicted molar refractivity (Wildman–Crippen MR) is 73.2 cm³/mol. The van der Waals surface area contributed by atoms with Crippen molar-refractivity contribution in [3.05, 3.63) is 39.4 Å². The van der Waals surface area contributed by atoms with E-state index in [0.29, 0.717) is 28.9 Å². The summed E-state index contributed by atoms with van der Waals surface area (Å²) in [5.74, 6) is 2.56. The van der Waals surface area contributed by atoms with E-state index in [9.17, 15) is 10.1 Å². The molecule has 0 heterocycles. The molecule has 0 radical (unpaired) electrons. The molecular formula is C16H19NO2. The van der Waals surface area contributed by atoms with Crippen LogP contribution in [0.1, 0.15) is 56.1 Å². The third-order valence-electron chi connectivity index (χ3n) is 6.52. The summed E-state index contributed by atoms with van der Waals surface area (Å²) >= 11 is 0. The Labute approximate surface area is 113 Å². The Morgan fingerprint density at radius 3 is 2.74 bits per heavy atom. The van der Waals surface area contributed by atoms with E-state index in [1.165, 1.54) is 24.8 Å². The van der Waals surface area contributed by atoms with Gasteiger partial charge in [-0.1, -0.05) is 26.0 Å². The molecule has 3 nitrogen and oxygen atoms in total. The van der Waals surface area contributed by atoms with Gasteiger partial charge >= 0.3 is 0 Å². The third-order valence-corrected chi connectivity index (χ3v) is 6.52. The van der Waals surface area contributed by atoms with Crippen molar-refractivity contribution in [3.8, 4) is 0 Å². The number of nitrogens with zero attached hydrogens (tertiary/aromatic N) is 1. The molecule has 0 spiro atoms. The lowest BCUT2D eigenvalue weighted by Crippen LogP contribution is -2.47. The first kappa shape index (κ1) is 11.4. The first-order chi connectivity index (χ1) is 9.15. The van der Waals surface area contributed by atoms with Crippen LogP contribution in [0.3, 0.4) is 0 Å². The maximum Gasteiger partial charge on any atom is 0.273 e. The van der Waals surface area contributed by atoms with Crippen LogP contribution in [-0.2, 0) is 0 Å². The standard InChI is InChI=1S/C16H19NO2/c1-3-16(4-2)11-8-10-13-9(14(11)15(10)16)6-5-7-12(13)17(18)19/h5-7,10-11,14-15H,3-4,8H2,1-2H3. The molecule has 0 aromatic heterocycles. The predicted octanol–water partition coefficient (Wildman–Crippen LogP) is 4.23. The maximum atomic E-state index is 11.3. The molecule has 4 unspecified atom stereocenters. The highest BCUT2D eigenvalue weighted by Gasteiger charge is 2.72. The zero-order valence-corrected chi connectivity index (χ0v) is 11.4. The minimum atomic E-state index is -0.184. The maximum absolute atomic E-state index is 11.3. The summed E-state index contributed by atoms with van der Waals surface area (Å²) in [6.45, 7) is 4.60. The average Bonchev–Trinajstić information content (AvgIpc) is 3.03. The quantitative estimate of drug-likeness (QED) is 0.600. The molecule has 3 saturated carbocycles. The van der Waals surface area contributed by atoms with Gasteiger partial charge in [0.2, 0.25) is 0 Å². The summed E-state index contributed by atoms with van der Waals surface area (Å²) in [4.78, 5) is 11.1. The molecule has 0 saturated heterocycles. The van der Waals surface area contributed by atoms with Crippen LogP contribution in [0.4, 0.5) is 5.69 Å². The summed E-state index contributed by atoms with van der Waals surface area (Å²) in [6, 6.07) is 5.70. The van der Waals surface area contributed by atoms with Crippen molar-refractivity contribution in [1.29, 1.82) is 0 Å². The fourth-order valence-corrected chi connectivity index (χ4v) is 5.92. The van der Waals surface area contributed by atoms with Gasteiger partial charge in [-0.2, -0.15) is 0 Å². The van der Waals surface area contributed by atoms with E-state index >= 15 is 0 Å². The van der Waals surface area contributed by atoms with Gasteiger partial charge in [0.25, 0.3) is 5.69 Å². The minimum Gasteiger partial charge on any atom is -0.258 e. The molecule has 1 aromatic carbocycles. The van der Waals surface area contributed by atoms with Gasteiger partial charge in [-0.3, -0.25) is 10.1 Å². The van der Waals surface area contributed by atoms with E-state index in [0.717, 1.165) is 11.5 Å². The van der Waals surface area contributed by atoms with Gasteiger partial charge in [0.1, 0.15) is 0 Å². The minimum absolute atomic E-state index is 0.184. The second kappa shape index (κ2) is 3.38. The second-order valence-corrected chi connectivity index (χ2v) is 6.48. The van der Waals surface area contributed by atoms with Crippen LogP contribution in [0.5, 0.6) is 0 Å². The summed E-state index contributed by atoms with van der Waals surface area (Å²) in [6.07, 6.45) is 3.65. The zero-order valence-electron chi connectivity index (χ0n) is 11.4. The highest BCUT2D eigenvalue weighted by molar-refractivity contribution is 5.58. The smallest absolute Gasteiger partial charge is 0.258 e. The lowest BCUT2D eigenvalue weighted by molar-refractivity contribution is -0.385. The van der Waals surface area contributed by atoms with Crippen molar-refractivity contribution in [2.75, 3.05) is 0 Å². The van der Waals surface area contributed by atoms with Crippen molar-refractivity contribution in [3.63, 3.8) is 0 Å². The molecule has 3 fully saturated rings. The first-order valence-corrected chi connectivity index (χ1v) is 7.43. The largest absolute Gasteiger partial charge is 0.273 e. The zero-order chi connectivity index (χ0) is 13.4. The van der Waals surface area contributed by atoms with Gasteiger partial charge in [-0.25, -0.2) is 0 Å². The van der Waals surface area contributed by atoms with Crippen molar-refractivity contribution >= 4 is 5.69 Å². The van der Waals surface area contributed by atoms with Gasteiger partial charge in [0, 0.05) is 11.6 Å². The number of nitro groups is 1. The van der Waals surface area contributed by atoms with Crippen molar-refractivity contribution < 1.29 is 4.92 Å². The lowest BCUT2D eigenvalue weighted by Gasteiger charge is -2.54. The van der Waals surface area contributed by atoms with Crippen LogP contribution in [-0.4, -0.2) is 4.92 Å². The van der Waals surface area contributed by atoms with Gasteiger partial charge in [0.05, 0.1) is 4.92 Å². The molecule has 4 bridgehead atoms.